The van der Waals surface area contributed by atoms with Crippen LogP contribution in [0.5, 0.6) is 5.75 Å². The summed E-state index contributed by atoms with van der Waals surface area (Å²) in [5, 5.41) is 29.8. The summed E-state index contributed by atoms with van der Waals surface area (Å²) < 4.78 is 0. The molecule has 1 aromatic carbocycles. The molecule has 7 heteroatoms. The number of fused-ring (bicyclic) bond motifs is 1. The van der Waals surface area contributed by atoms with Crippen molar-refractivity contribution in [1.29, 1.82) is 5.26 Å². The fourth-order valence-corrected chi connectivity index (χ4v) is 6.92. The molecule has 0 amide bonds. The normalized spacial score (nSPS) is 27.8. The lowest BCUT2D eigenvalue weighted by Crippen LogP contribution is -2.65. The standard InChI is InChI=1S/C21H21BN4OS/c23-12-22-8-21(9-22)10-26(11-21)20-18(13-5-6-13)15-7-16(24-25-19(15)28-20)14-3-1-2-4-17(14)27/h1-4,7,13,18,20,27H,5-6,8-11H2. The Balaban J connectivity index is 1.27. The zero-order chi connectivity index (χ0) is 18.9. The number of aromatic nitrogens is 2. The summed E-state index contributed by atoms with van der Waals surface area (Å²) in [6.07, 6.45) is 4.75. The third-order valence-electron chi connectivity index (χ3n) is 6.97. The number of nitriles is 1. The quantitative estimate of drug-likeness (QED) is 0.810. The number of para-hydroxylation sites is 1. The molecule has 1 N–H and O–H groups in total. The van der Waals surface area contributed by atoms with Gasteiger partial charge in [-0.15, -0.1) is 10.2 Å². The van der Waals surface area contributed by atoms with E-state index in [0.29, 0.717) is 16.7 Å². The van der Waals surface area contributed by atoms with Crippen LogP contribution < -0.4 is 0 Å². The van der Waals surface area contributed by atoms with Gasteiger partial charge >= 0.3 is 0 Å². The highest BCUT2D eigenvalue weighted by atomic mass is 32.2. The van der Waals surface area contributed by atoms with Gasteiger partial charge in [-0.2, -0.15) is 0 Å². The number of hydrogen-bond donors (Lipinski definition) is 1. The summed E-state index contributed by atoms with van der Waals surface area (Å²) in [5.41, 5.74) is 3.24. The highest BCUT2D eigenvalue weighted by Gasteiger charge is 2.58. The fourth-order valence-electron chi connectivity index (χ4n) is 5.46. The van der Waals surface area contributed by atoms with E-state index >= 15 is 0 Å². The fraction of sp³-hybridized carbons (Fsp3) is 0.476. The molecule has 140 valence electrons. The molecule has 1 aliphatic carbocycles. The predicted octanol–water partition coefficient (Wildman–Crippen LogP) is 3.65. The van der Waals surface area contributed by atoms with Crippen molar-refractivity contribution < 1.29 is 5.11 Å². The van der Waals surface area contributed by atoms with Crippen LogP contribution in [-0.2, 0) is 0 Å². The molecule has 0 radical (unpaired) electrons. The van der Waals surface area contributed by atoms with Crippen LogP contribution >= 0.6 is 11.8 Å². The van der Waals surface area contributed by atoms with Crippen molar-refractivity contribution in [2.75, 3.05) is 13.1 Å². The number of phenolic OH excluding ortho intramolecular Hbond substituents is 1. The second kappa shape index (κ2) is 5.98. The van der Waals surface area contributed by atoms with E-state index in [-0.39, 0.29) is 12.5 Å². The molecule has 3 aliphatic heterocycles. The number of thioether (sulfide) groups is 1. The second-order valence-electron chi connectivity index (χ2n) is 9.02. The van der Waals surface area contributed by atoms with Crippen LogP contribution in [0.2, 0.25) is 12.6 Å². The molecule has 2 unspecified atom stereocenters. The van der Waals surface area contributed by atoms with Gasteiger partial charge in [-0.3, -0.25) is 4.90 Å². The minimum absolute atomic E-state index is 0.253. The predicted molar refractivity (Wildman–Crippen MR) is 109 cm³/mol. The Morgan fingerprint density at radius 2 is 2.00 bits per heavy atom. The van der Waals surface area contributed by atoms with Gasteiger partial charge in [-0.05, 0) is 47.9 Å². The molecule has 2 atom stereocenters. The smallest absolute Gasteiger partial charge is 0.269 e. The van der Waals surface area contributed by atoms with E-state index in [2.05, 4.69) is 27.1 Å². The number of hydrogen-bond acceptors (Lipinski definition) is 6. The van der Waals surface area contributed by atoms with Crippen LogP contribution in [0.25, 0.3) is 11.3 Å². The van der Waals surface area contributed by atoms with Gasteiger partial charge in [-0.25, -0.2) is 5.26 Å². The maximum absolute atomic E-state index is 10.2. The molecule has 2 aromatic rings. The second-order valence-corrected chi connectivity index (χ2v) is 10.1. The summed E-state index contributed by atoms with van der Waals surface area (Å²) in [6.45, 7) is 2.53. The Bertz CT molecular complexity index is 990. The largest absolute Gasteiger partial charge is 0.507 e. The SMILES string of the molecule is N#CB1CC2(C1)CN(C1Sc3nnc(-c4ccccc4O)cc3C1C1CC1)C2. The maximum Gasteiger partial charge on any atom is 0.269 e. The van der Waals surface area contributed by atoms with Crippen molar-refractivity contribution in [3.05, 3.63) is 35.9 Å². The molecule has 6 rings (SSSR count). The van der Waals surface area contributed by atoms with E-state index in [0.717, 1.165) is 47.9 Å². The van der Waals surface area contributed by atoms with Crippen molar-refractivity contribution >= 4 is 18.5 Å². The summed E-state index contributed by atoms with van der Waals surface area (Å²) in [5.74, 6) is 3.92. The van der Waals surface area contributed by atoms with Crippen LogP contribution in [0.3, 0.4) is 0 Å². The summed E-state index contributed by atoms with van der Waals surface area (Å²) in [4.78, 5) is 2.61. The molecule has 1 spiro atoms. The minimum atomic E-state index is 0.253. The average molecular weight is 388 g/mol. The number of aromatic hydroxyl groups is 1. The molecule has 1 saturated carbocycles. The molecule has 28 heavy (non-hydrogen) atoms. The lowest BCUT2D eigenvalue weighted by molar-refractivity contribution is 0.000238. The summed E-state index contributed by atoms with van der Waals surface area (Å²) in [6, 6.07) is 9.52. The van der Waals surface area contributed by atoms with E-state index in [9.17, 15) is 5.11 Å². The summed E-state index contributed by atoms with van der Waals surface area (Å²) >= 11 is 1.87. The first-order valence-corrected chi connectivity index (χ1v) is 11.0. The van der Waals surface area contributed by atoms with Crippen LogP contribution in [0.15, 0.2) is 35.4 Å². The molecular formula is C21H21BN4OS. The van der Waals surface area contributed by atoms with Gasteiger partial charge in [0.15, 0.2) is 0 Å². The van der Waals surface area contributed by atoms with Gasteiger partial charge in [0.1, 0.15) is 10.8 Å². The molecule has 4 heterocycles. The maximum atomic E-state index is 10.2. The average Bonchev–Trinajstić information content (AvgIpc) is 3.40. The Morgan fingerprint density at radius 3 is 2.71 bits per heavy atom. The zero-order valence-electron chi connectivity index (χ0n) is 15.6. The van der Waals surface area contributed by atoms with Gasteiger partial charge in [0.2, 0.25) is 0 Å². The number of likely N-dealkylation sites (tertiary alicyclic amines) is 1. The van der Waals surface area contributed by atoms with Crippen molar-refractivity contribution in [1.82, 2.24) is 15.1 Å². The van der Waals surface area contributed by atoms with Crippen molar-refractivity contribution in [3.8, 4) is 23.0 Å². The van der Waals surface area contributed by atoms with E-state index in [1.54, 1.807) is 6.07 Å². The Hall–Kier alpha value is -2.04. The zero-order valence-corrected chi connectivity index (χ0v) is 16.4. The molecular weight excluding hydrogens is 367 g/mol. The van der Waals surface area contributed by atoms with E-state index in [1.165, 1.54) is 18.4 Å². The topological polar surface area (TPSA) is 73.0 Å². The highest BCUT2D eigenvalue weighted by Crippen LogP contribution is 2.60. The van der Waals surface area contributed by atoms with Gasteiger partial charge in [-0.1, -0.05) is 36.5 Å². The van der Waals surface area contributed by atoms with Gasteiger partial charge < -0.3 is 5.11 Å². The first-order chi connectivity index (χ1) is 13.7. The molecule has 2 saturated heterocycles. The number of nitrogens with zero attached hydrogens (tertiary/aromatic N) is 4. The molecule has 5 nitrogen and oxygen atoms in total. The van der Waals surface area contributed by atoms with Gasteiger partial charge in [0.05, 0.1) is 11.1 Å². The van der Waals surface area contributed by atoms with Crippen molar-refractivity contribution in [2.45, 2.75) is 41.8 Å². The van der Waals surface area contributed by atoms with Crippen LogP contribution in [0, 0.1) is 22.6 Å². The van der Waals surface area contributed by atoms with Crippen molar-refractivity contribution in [3.63, 3.8) is 0 Å². The highest BCUT2D eigenvalue weighted by molar-refractivity contribution is 8.00. The Morgan fingerprint density at radius 1 is 1.21 bits per heavy atom. The minimum Gasteiger partial charge on any atom is -0.507 e. The monoisotopic (exact) mass is 388 g/mol. The number of phenols is 1. The van der Waals surface area contributed by atoms with E-state index in [1.807, 2.05) is 30.0 Å². The van der Waals surface area contributed by atoms with E-state index < -0.39 is 0 Å². The third kappa shape index (κ3) is 2.51. The van der Waals surface area contributed by atoms with Crippen LogP contribution in [-0.4, -0.2) is 45.4 Å². The number of benzene rings is 1. The molecule has 0 bridgehead atoms. The number of rotatable bonds is 3. The van der Waals surface area contributed by atoms with Crippen LogP contribution in [0.1, 0.15) is 24.3 Å². The Kier molecular flexibility index (Phi) is 3.60. The summed E-state index contributed by atoms with van der Waals surface area (Å²) in [7, 11) is 0. The molecule has 1 aromatic heterocycles. The molecule has 3 fully saturated rings. The lowest BCUT2D eigenvalue weighted by Gasteiger charge is -2.59. The first kappa shape index (κ1) is 16.9. The van der Waals surface area contributed by atoms with Gasteiger partial charge in [0.25, 0.3) is 6.71 Å². The Labute approximate surface area is 169 Å². The first-order valence-electron chi connectivity index (χ1n) is 10.1. The van der Waals surface area contributed by atoms with Crippen LogP contribution in [0.4, 0.5) is 0 Å². The third-order valence-corrected chi connectivity index (χ3v) is 8.35. The van der Waals surface area contributed by atoms with E-state index in [4.69, 9.17) is 5.26 Å². The van der Waals surface area contributed by atoms with Crippen molar-refractivity contribution in [2.24, 2.45) is 11.3 Å². The van der Waals surface area contributed by atoms with Gasteiger partial charge in [0, 0.05) is 30.5 Å². The molecule has 4 aliphatic rings. The lowest BCUT2D eigenvalue weighted by atomic mass is 9.26.